The topological polar surface area (TPSA) is 71.8 Å². The number of rotatable bonds is 13. The molecule has 0 heterocycles. The molecule has 0 unspecified atom stereocenters. The zero-order valence-corrected chi connectivity index (χ0v) is 19.3. The van der Waals surface area contributed by atoms with E-state index >= 15 is 0 Å². The van der Waals surface area contributed by atoms with Crippen LogP contribution in [0.2, 0.25) is 0 Å². The first-order valence-electron chi connectivity index (χ1n) is 11.4. The van der Waals surface area contributed by atoms with Gasteiger partial charge in [-0.2, -0.15) is 0 Å². The maximum Gasteiger partial charge on any atom is 0.260 e. The Morgan fingerprint density at radius 2 is 1.61 bits per heavy atom. The summed E-state index contributed by atoms with van der Waals surface area (Å²) in [4.78, 5) is 14.9. The zero-order valence-electron chi connectivity index (χ0n) is 19.3. The molecule has 0 atom stereocenters. The van der Waals surface area contributed by atoms with Crippen LogP contribution >= 0.6 is 0 Å². The Hall–Kier alpha value is -3.22. The highest BCUT2D eigenvalue weighted by atomic mass is 16.7. The maximum absolute atomic E-state index is 13.2. The van der Waals surface area contributed by atoms with Crippen molar-refractivity contribution in [3.05, 3.63) is 77.9 Å². The second kappa shape index (κ2) is 12.7. The predicted octanol–water partition coefficient (Wildman–Crippen LogP) is 4.69. The van der Waals surface area contributed by atoms with Crippen LogP contribution in [-0.4, -0.2) is 56.2 Å². The lowest BCUT2D eigenvalue weighted by Gasteiger charge is -2.27. The van der Waals surface area contributed by atoms with E-state index in [1.54, 1.807) is 4.90 Å². The van der Waals surface area contributed by atoms with Crippen molar-refractivity contribution in [2.24, 2.45) is 0 Å². The van der Waals surface area contributed by atoms with Crippen molar-refractivity contribution < 1.29 is 19.0 Å². The van der Waals surface area contributed by atoms with Crippen LogP contribution in [0.15, 0.2) is 66.7 Å². The number of carbonyl (C=O) groups is 1. The molecule has 6 nitrogen and oxygen atoms in total. The molecular weight excluding hydrogens is 416 g/mol. The molecule has 0 saturated heterocycles. The van der Waals surface area contributed by atoms with Crippen LogP contribution < -0.4 is 4.74 Å². The number of carbonyl (C=O) groups excluding carboxylic acids is 1. The number of nitrogens with one attached hydrogen (secondary N) is 1. The molecule has 3 rings (SSSR count). The van der Waals surface area contributed by atoms with E-state index in [-0.39, 0.29) is 12.5 Å². The summed E-state index contributed by atoms with van der Waals surface area (Å²) in [5.74, 6) is 0.495. The van der Waals surface area contributed by atoms with E-state index in [0.717, 1.165) is 28.3 Å². The van der Waals surface area contributed by atoms with Crippen molar-refractivity contribution in [3.63, 3.8) is 0 Å². The Morgan fingerprint density at radius 1 is 0.939 bits per heavy atom. The highest BCUT2D eigenvalue weighted by molar-refractivity contribution is 6.01. The molecule has 0 fully saturated rings. The number of hydrogen-bond donors (Lipinski definition) is 1. The van der Waals surface area contributed by atoms with E-state index in [9.17, 15) is 4.79 Å². The smallest absolute Gasteiger partial charge is 0.260 e. The average Bonchev–Trinajstić information content (AvgIpc) is 2.85. The first-order chi connectivity index (χ1) is 16.2. The summed E-state index contributed by atoms with van der Waals surface area (Å²) < 4.78 is 17.3. The number of benzene rings is 3. The molecule has 0 aliphatic heterocycles. The van der Waals surface area contributed by atoms with E-state index in [2.05, 4.69) is 12.1 Å². The molecule has 6 heteroatoms. The summed E-state index contributed by atoms with van der Waals surface area (Å²) in [7, 11) is 0. The lowest BCUT2D eigenvalue weighted by molar-refractivity contribution is -0.159. The van der Waals surface area contributed by atoms with Gasteiger partial charge in [0.1, 0.15) is 5.75 Å². The summed E-state index contributed by atoms with van der Waals surface area (Å²) in [5.41, 5.74) is 1.97. The van der Waals surface area contributed by atoms with Crippen LogP contribution in [0, 0.1) is 5.41 Å². The third-order valence-corrected chi connectivity index (χ3v) is 5.36. The molecule has 1 N–H and O–H groups in total. The van der Waals surface area contributed by atoms with Crippen LogP contribution in [0.4, 0.5) is 0 Å². The predicted molar refractivity (Wildman–Crippen MR) is 131 cm³/mol. The molecule has 174 valence electrons. The minimum absolute atomic E-state index is 0.0896. The molecule has 0 radical (unpaired) electrons. The van der Waals surface area contributed by atoms with E-state index in [4.69, 9.17) is 19.6 Å². The molecule has 3 aromatic rings. The highest BCUT2D eigenvalue weighted by Gasteiger charge is 2.20. The Bertz CT molecular complexity index is 1030. The zero-order chi connectivity index (χ0) is 23.5. The number of hydrogen-bond acceptors (Lipinski definition) is 5. The van der Waals surface area contributed by atoms with Crippen molar-refractivity contribution >= 4 is 22.9 Å². The van der Waals surface area contributed by atoms with Gasteiger partial charge in [0.15, 0.2) is 12.9 Å². The van der Waals surface area contributed by atoms with Crippen molar-refractivity contribution in [2.45, 2.75) is 26.6 Å². The maximum atomic E-state index is 13.2. The molecule has 3 aromatic carbocycles. The fourth-order valence-corrected chi connectivity index (χ4v) is 3.71. The van der Waals surface area contributed by atoms with Gasteiger partial charge in [0.25, 0.3) is 5.91 Å². The molecule has 1 amide bonds. The van der Waals surface area contributed by atoms with Gasteiger partial charge >= 0.3 is 0 Å². The quantitative estimate of drug-likeness (QED) is 0.304. The van der Waals surface area contributed by atoms with E-state index < -0.39 is 6.29 Å². The Balaban J connectivity index is 1.73. The number of ether oxygens (including phenoxy) is 3. The highest BCUT2D eigenvalue weighted by Crippen LogP contribution is 2.28. The van der Waals surface area contributed by atoms with Gasteiger partial charge in [-0.15, -0.1) is 0 Å². The second-order valence-electron chi connectivity index (χ2n) is 7.55. The number of amides is 1. The Morgan fingerprint density at radius 3 is 2.27 bits per heavy atom. The van der Waals surface area contributed by atoms with E-state index in [1.165, 1.54) is 6.21 Å². The van der Waals surface area contributed by atoms with Gasteiger partial charge in [-0.3, -0.25) is 4.79 Å². The average molecular weight is 449 g/mol. The molecule has 0 spiro atoms. The van der Waals surface area contributed by atoms with Gasteiger partial charge in [0, 0.05) is 36.9 Å². The van der Waals surface area contributed by atoms with Crippen molar-refractivity contribution in [1.82, 2.24) is 4.90 Å². The first-order valence-corrected chi connectivity index (χ1v) is 11.4. The lowest BCUT2D eigenvalue weighted by atomic mass is 10.0. The number of fused-ring (bicyclic) bond motifs is 1. The van der Waals surface area contributed by atoms with Crippen LogP contribution in [0.25, 0.3) is 10.8 Å². The molecule has 0 aliphatic rings. The first kappa shape index (κ1) is 24.4. The van der Waals surface area contributed by atoms with Gasteiger partial charge < -0.3 is 24.5 Å². The largest absolute Gasteiger partial charge is 0.483 e. The van der Waals surface area contributed by atoms with Crippen molar-refractivity contribution in [1.29, 1.82) is 5.41 Å². The fourth-order valence-electron chi connectivity index (χ4n) is 3.71. The standard InChI is InChI=1S/C27H32N2O4/c1-3-31-27(32-4-2)19-29(17-16-21-10-6-5-7-11-21)26(30)20-33-25-15-14-22(18-28)23-12-8-9-13-24(23)25/h5-15,18,27-28H,3-4,16-17,19-20H2,1-2H3. The SMILES string of the molecule is CCOC(CN(CCc1ccccc1)C(=O)COc1ccc(C=N)c2ccccc12)OCC. The summed E-state index contributed by atoms with van der Waals surface area (Å²) in [5, 5.41) is 9.42. The van der Waals surface area contributed by atoms with E-state index in [1.807, 2.05) is 68.4 Å². The van der Waals surface area contributed by atoms with Crippen LogP contribution in [0.5, 0.6) is 5.75 Å². The minimum Gasteiger partial charge on any atom is -0.483 e. The van der Waals surface area contributed by atoms with Crippen LogP contribution in [-0.2, 0) is 20.7 Å². The molecule has 0 saturated carbocycles. The third-order valence-electron chi connectivity index (χ3n) is 5.36. The molecule has 0 aromatic heterocycles. The second-order valence-corrected chi connectivity index (χ2v) is 7.55. The third kappa shape index (κ3) is 6.88. The van der Waals surface area contributed by atoms with Crippen molar-refractivity contribution in [2.75, 3.05) is 32.9 Å². The Kier molecular flexibility index (Phi) is 9.42. The molecule has 33 heavy (non-hydrogen) atoms. The summed E-state index contributed by atoms with van der Waals surface area (Å²) in [6, 6.07) is 21.5. The minimum atomic E-state index is -0.479. The van der Waals surface area contributed by atoms with Gasteiger partial charge in [-0.1, -0.05) is 54.6 Å². The lowest BCUT2D eigenvalue weighted by Crippen LogP contribution is -2.43. The van der Waals surface area contributed by atoms with Gasteiger partial charge in [-0.25, -0.2) is 0 Å². The molecule has 0 aliphatic carbocycles. The molecule has 0 bridgehead atoms. The van der Waals surface area contributed by atoms with Crippen LogP contribution in [0.3, 0.4) is 0 Å². The summed E-state index contributed by atoms with van der Waals surface area (Å²) in [6.45, 7) is 5.62. The summed E-state index contributed by atoms with van der Waals surface area (Å²) >= 11 is 0. The fraction of sp³-hybridized carbons (Fsp3) is 0.333. The van der Waals surface area contributed by atoms with Gasteiger partial charge in [0.2, 0.25) is 0 Å². The Labute approximate surface area is 195 Å². The monoisotopic (exact) mass is 448 g/mol. The molecular formula is C27H32N2O4. The number of nitrogens with zero attached hydrogens (tertiary/aromatic N) is 1. The van der Waals surface area contributed by atoms with Crippen LogP contribution in [0.1, 0.15) is 25.0 Å². The van der Waals surface area contributed by atoms with E-state index in [0.29, 0.717) is 32.1 Å². The van der Waals surface area contributed by atoms with Crippen molar-refractivity contribution in [3.8, 4) is 5.75 Å². The summed E-state index contributed by atoms with van der Waals surface area (Å²) in [6.07, 6.45) is 1.58. The van der Waals surface area contributed by atoms with Gasteiger partial charge in [0.05, 0.1) is 6.54 Å². The normalized spacial score (nSPS) is 11.0. The van der Waals surface area contributed by atoms with Gasteiger partial charge in [-0.05, 0) is 43.4 Å².